The van der Waals surface area contributed by atoms with E-state index < -0.39 is 0 Å². The molecule has 4 aromatic rings. The van der Waals surface area contributed by atoms with Gasteiger partial charge in [0.15, 0.2) is 11.5 Å². The highest BCUT2D eigenvalue weighted by Gasteiger charge is 2.21. The molecule has 1 amide bonds. The molecule has 2 heterocycles. The van der Waals surface area contributed by atoms with Crippen molar-refractivity contribution in [1.82, 2.24) is 15.3 Å². The van der Waals surface area contributed by atoms with Gasteiger partial charge in [-0.15, -0.1) is 11.3 Å². The maximum absolute atomic E-state index is 13.0. The average Bonchev–Trinajstić information content (AvgIpc) is 3.41. The van der Waals surface area contributed by atoms with Crippen LogP contribution in [0.1, 0.15) is 27.9 Å². The van der Waals surface area contributed by atoms with Crippen molar-refractivity contribution in [1.29, 1.82) is 0 Å². The first-order chi connectivity index (χ1) is 15.9. The Kier molecular flexibility index (Phi) is 6.55. The van der Waals surface area contributed by atoms with Crippen LogP contribution < -0.4 is 19.5 Å². The van der Waals surface area contributed by atoms with Crippen molar-refractivity contribution in [2.75, 3.05) is 21.3 Å². The molecule has 0 unspecified atom stereocenters. The standard InChI is InChI=1S/C25H27N3O4S/c1-14(10-17-13-26-19-9-7-6-8-18(17)19)27-24(29)23-15(2)28-25(33-23)16-11-20(30-3)22(32-5)21(12-16)31-4/h6-9,11-14,26H,10H2,1-5H3,(H,27,29)/t14-/m1/s1. The molecular formula is C25H27N3O4S. The number of fused-ring (bicyclic) bond motifs is 1. The van der Waals surface area contributed by atoms with Crippen molar-refractivity contribution in [2.45, 2.75) is 26.3 Å². The molecule has 0 aliphatic heterocycles. The molecule has 2 aromatic carbocycles. The number of rotatable bonds is 8. The number of nitrogens with one attached hydrogen (secondary N) is 2. The SMILES string of the molecule is COc1cc(-c2nc(C)c(C(=O)N[C@H](C)Cc3c[nH]c4ccccc34)s2)cc(OC)c1OC. The van der Waals surface area contributed by atoms with Crippen LogP contribution in [0, 0.1) is 6.92 Å². The molecule has 0 bridgehead atoms. The van der Waals surface area contributed by atoms with Crippen LogP contribution in [0.2, 0.25) is 0 Å². The number of methoxy groups -OCH3 is 3. The molecule has 0 saturated carbocycles. The Bertz CT molecular complexity index is 1270. The van der Waals surface area contributed by atoms with E-state index >= 15 is 0 Å². The zero-order valence-electron chi connectivity index (χ0n) is 19.3. The topological polar surface area (TPSA) is 85.5 Å². The summed E-state index contributed by atoms with van der Waals surface area (Å²) in [4.78, 5) is 21.5. The van der Waals surface area contributed by atoms with Gasteiger partial charge >= 0.3 is 0 Å². The van der Waals surface area contributed by atoms with Gasteiger partial charge in [-0.1, -0.05) is 18.2 Å². The second-order valence-corrected chi connectivity index (χ2v) is 8.78. The van der Waals surface area contributed by atoms with E-state index in [9.17, 15) is 4.79 Å². The van der Waals surface area contributed by atoms with Crippen LogP contribution in [-0.2, 0) is 6.42 Å². The number of carbonyl (C=O) groups is 1. The lowest BCUT2D eigenvalue weighted by atomic mass is 10.1. The molecule has 0 spiro atoms. The molecule has 0 radical (unpaired) electrons. The average molecular weight is 466 g/mol. The first-order valence-electron chi connectivity index (χ1n) is 10.6. The van der Waals surface area contributed by atoms with E-state index in [2.05, 4.69) is 21.4 Å². The van der Waals surface area contributed by atoms with Crippen LogP contribution in [0.15, 0.2) is 42.6 Å². The first-order valence-corrected chi connectivity index (χ1v) is 11.4. The van der Waals surface area contributed by atoms with Crippen molar-refractivity contribution in [3.05, 3.63) is 58.7 Å². The highest BCUT2D eigenvalue weighted by molar-refractivity contribution is 7.17. The highest BCUT2D eigenvalue weighted by atomic mass is 32.1. The van der Waals surface area contributed by atoms with E-state index in [1.807, 2.05) is 50.4 Å². The largest absolute Gasteiger partial charge is 0.493 e. The number of thiazole rings is 1. The molecule has 0 aliphatic rings. The fraction of sp³-hybridized carbons (Fsp3) is 0.280. The predicted molar refractivity (Wildman–Crippen MR) is 131 cm³/mol. The molecule has 2 N–H and O–H groups in total. The fourth-order valence-electron chi connectivity index (χ4n) is 3.91. The summed E-state index contributed by atoms with van der Waals surface area (Å²) in [5, 5.41) is 5.00. The molecule has 7 nitrogen and oxygen atoms in total. The van der Waals surface area contributed by atoms with Gasteiger partial charge in [-0.2, -0.15) is 0 Å². The zero-order chi connectivity index (χ0) is 23.5. The minimum atomic E-state index is -0.129. The molecule has 8 heteroatoms. The summed E-state index contributed by atoms with van der Waals surface area (Å²) in [6, 6.07) is 11.8. The summed E-state index contributed by atoms with van der Waals surface area (Å²) in [6.45, 7) is 3.85. The number of aromatic amines is 1. The Morgan fingerprint density at radius 3 is 2.48 bits per heavy atom. The number of benzene rings is 2. The van der Waals surface area contributed by atoms with Crippen LogP contribution in [0.3, 0.4) is 0 Å². The van der Waals surface area contributed by atoms with Crippen LogP contribution >= 0.6 is 11.3 Å². The van der Waals surface area contributed by atoms with Gasteiger partial charge in [0.25, 0.3) is 5.91 Å². The third kappa shape index (κ3) is 4.52. The lowest BCUT2D eigenvalue weighted by Crippen LogP contribution is -2.33. The van der Waals surface area contributed by atoms with E-state index in [1.165, 1.54) is 22.3 Å². The van der Waals surface area contributed by atoms with Gasteiger partial charge in [0.1, 0.15) is 9.88 Å². The van der Waals surface area contributed by atoms with Crippen molar-refractivity contribution in [2.24, 2.45) is 0 Å². The number of hydrogen-bond donors (Lipinski definition) is 2. The highest BCUT2D eigenvalue weighted by Crippen LogP contribution is 2.42. The lowest BCUT2D eigenvalue weighted by Gasteiger charge is -2.13. The quantitative estimate of drug-likeness (QED) is 0.383. The third-order valence-electron chi connectivity index (χ3n) is 5.49. The van der Waals surface area contributed by atoms with E-state index in [0.717, 1.165) is 17.5 Å². The second kappa shape index (κ2) is 9.54. The zero-order valence-corrected chi connectivity index (χ0v) is 20.1. The summed E-state index contributed by atoms with van der Waals surface area (Å²) in [5.74, 6) is 1.47. The van der Waals surface area contributed by atoms with Gasteiger partial charge in [-0.25, -0.2) is 4.98 Å². The molecule has 172 valence electrons. The second-order valence-electron chi connectivity index (χ2n) is 7.79. The van der Waals surface area contributed by atoms with Gasteiger partial charge < -0.3 is 24.5 Å². The number of aromatic nitrogens is 2. The minimum Gasteiger partial charge on any atom is -0.493 e. The number of para-hydroxylation sites is 1. The molecule has 33 heavy (non-hydrogen) atoms. The van der Waals surface area contributed by atoms with Gasteiger partial charge in [-0.3, -0.25) is 4.79 Å². The van der Waals surface area contributed by atoms with E-state index in [1.54, 1.807) is 21.3 Å². The van der Waals surface area contributed by atoms with Gasteiger partial charge in [0, 0.05) is 28.7 Å². The molecule has 4 rings (SSSR count). The molecule has 0 aliphatic carbocycles. The van der Waals surface area contributed by atoms with Crippen molar-refractivity contribution in [3.63, 3.8) is 0 Å². The summed E-state index contributed by atoms with van der Waals surface area (Å²) in [6.07, 6.45) is 2.74. The number of hydrogen-bond acceptors (Lipinski definition) is 6. The molecule has 1 atom stereocenters. The van der Waals surface area contributed by atoms with Crippen LogP contribution in [-0.4, -0.2) is 43.2 Å². The number of H-pyrrole nitrogens is 1. The van der Waals surface area contributed by atoms with E-state index in [4.69, 9.17) is 14.2 Å². The first kappa shape index (κ1) is 22.7. The summed E-state index contributed by atoms with van der Waals surface area (Å²) in [5.41, 5.74) is 3.75. The van der Waals surface area contributed by atoms with Gasteiger partial charge in [0.2, 0.25) is 5.75 Å². The Hall–Kier alpha value is -3.52. The van der Waals surface area contributed by atoms with Crippen molar-refractivity contribution < 1.29 is 19.0 Å². The van der Waals surface area contributed by atoms with Crippen LogP contribution in [0.5, 0.6) is 17.2 Å². The van der Waals surface area contributed by atoms with Crippen LogP contribution in [0.25, 0.3) is 21.5 Å². The summed E-state index contributed by atoms with van der Waals surface area (Å²) in [7, 11) is 4.71. The number of ether oxygens (including phenoxy) is 3. The summed E-state index contributed by atoms with van der Waals surface area (Å²) < 4.78 is 16.3. The number of carbonyl (C=O) groups excluding carboxylic acids is 1. The predicted octanol–water partition coefficient (Wildman–Crippen LogP) is 4.99. The van der Waals surface area contributed by atoms with Crippen molar-refractivity contribution in [3.8, 4) is 27.8 Å². The summed E-state index contributed by atoms with van der Waals surface area (Å²) >= 11 is 1.34. The Labute approximate surface area is 196 Å². The van der Waals surface area contributed by atoms with Crippen molar-refractivity contribution >= 4 is 28.1 Å². The molecule has 0 fully saturated rings. The van der Waals surface area contributed by atoms with Crippen LogP contribution in [0.4, 0.5) is 0 Å². The van der Waals surface area contributed by atoms with E-state index in [-0.39, 0.29) is 11.9 Å². The van der Waals surface area contributed by atoms with E-state index in [0.29, 0.717) is 32.8 Å². The Morgan fingerprint density at radius 1 is 1.12 bits per heavy atom. The smallest absolute Gasteiger partial charge is 0.263 e. The molecular weight excluding hydrogens is 438 g/mol. The number of aryl methyl sites for hydroxylation is 1. The molecule has 0 saturated heterocycles. The maximum atomic E-state index is 13.0. The Morgan fingerprint density at radius 2 is 1.82 bits per heavy atom. The Balaban J connectivity index is 1.54. The minimum absolute atomic E-state index is 0.0390. The van der Waals surface area contributed by atoms with Gasteiger partial charge in [-0.05, 0) is 44.0 Å². The number of amides is 1. The fourth-order valence-corrected chi connectivity index (χ4v) is 4.86. The third-order valence-corrected chi connectivity index (χ3v) is 6.70. The normalized spacial score (nSPS) is 11.9. The monoisotopic (exact) mass is 465 g/mol. The molecule has 2 aromatic heterocycles. The lowest BCUT2D eigenvalue weighted by molar-refractivity contribution is 0.0943. The number of nitrogens with zero attached hydrogens (tertiary/aromatic N) is 1. The maximum Gasteiger partial charge on any atom is 0.263 e. The van der Waals surface area contributed by atoms with Gasteiger partial charge in [0.05, 0.1) is 27.0 Å².